The second-order valence-electron chi connectivity index (χ2n) is 3.81. The minimum absolute atomic E-state index is 0.0407. The van der Waals surface area contributed by atoms with Crippen LogP contribution in [0.4, 0.5) is 18.3 Å². The van der Waals surface area contributed by atoms with Gasteiger partial charge in [0, 0.05) is 10.5 Å². The quantitative estimate of drug-likeness (QED) is 0.527. The maximum absolute atomic E-state index is 12.7. The Morgan fingerprint density at radius 1 is 1.43 bits per heavy atom. The van der Waals surface area contributed by atoms with Crippen LogP contribution in [0.1, 0.15) is 15.2 Å². The molecule has 10 heteroatoms. The molecule has 1 aromatic carbocycles. The first-order valence-electron chi connectivity index (χ1n) is 5.36. The predicted molar refractivity (Wildman–Crippen MR) is 69.9 cm³/mol. The van der Waals surface area contributed by atoms with Gasteiger partial charge in [-0.15, -0.1) is 11.3 Å². The zero-order valence-corrected chi connectivity index (χ0v) is 10.9. The van der Waals surface area contributed by atoms with E-state index in [1.807, 2.05) is 0 Å². The van der Waals surface area contributed by atoms with Crippen LogP contribution in [-0.4, -0.2) is 10.9 Å². The highest BCUT2D eigenvalue weighted by atomic mass is 32.1. The number of carbonyl (C=O) groups excluding carboxylic acids is 1. The van der Waals surface area contributed by atoms with Gasteiger partial charge in [-0.05, 0) is 22.8 Å². The van der Waals surface area contributed by atoms with Gasteiger partial charge in [0.2, 0.25) is 0 Å². The van der Waals surface area contributed by atoms with Crippen molar-refractivity contribution >= 4 is 22.4 Å². The summed E-state index contributed by atoms with van der Waals surface area (Å²) in [5, 5.41) is 3.13. The van der Waals surface area contributed by atoms with E-state index >= 15 is 0 Å². The second-order valence-corrected chi connectivity index (χ2v) is 4.78. The Bertz CT molecular complexity index is 749. The fourth-order valence-electron chi connectivity index (χ4n) is 1.60. The number of carbonyl (C=O) groups is 1. The van der Waals surface area contributed by atoms with Gasteiger partial charge < -0.3 is 5.73 Å². The molecule has 0 aliphatic heterocycles. The molecule has 0 aliphatic rings. The molecule has 0 fully saturated rings. The smallest absolute Gasteiger partial charge is 0.365 e. The highest BCUT2D eigenvalue weighted by Gasteiger charge is 2.31. The van der Waals surface area contributed by atoms with Gasteiger partial charge in [0.05, 0.1) is 11.3 Å². The maximum atomic E-state index is 12.7. The number of amides is 1. The van der Waals surface area contributed by atoms with Crippen molar-refractivity contribution in [1.82, 2.24) is 4.98 Å². The Morgan fingerprint density at radius 2 is 2.14 bits per heavy atom. The summed E-state index contributed by atoms with van der Waals surface area (Å²) in [6, 6.07) is 4.29. The summed E-state index contributed by atoms with van der Waals surface area (Å²) < 4.78 is 38.1. The normalized spacial score (nSPS) is 11.0. The predicted octanol–water partition coefficient (Wildman–Crippen LogP) is 3.87. The van der Waals surface area contributed by atoms with Gasteiger partial charge in [0.1, 0.15) is 4.88 Å². The van der Waals surface area contributed by atoms with Crippen LogP contribution in [0, 0.1) is 0 Å². The van der Waals surface area contributed by atoms with Crippen LogP contribution >= 0.6 is 11.3 Å². The molecule has 1 amide bonds. The van der Waals surface area contributed by atoms with Crippen LogP contribution < -0.4 is 5.73 Å². The van der Waals surface area contributed by atoms with Crippen molar-refractivity contribution in [3.05, 3.63) is 45.1 Å². The molecule has 21 heavy (non-hydrogen) atoms. The lowest BCUT2D eigenvalue weighted by atomic mass is 10.1. The third-order valence-corrected chi connectivity index (χ3v) is 3.39. The Hall–Kier alpha value is -2.58. The molecule has 2 rings (SSSR count). The minimum atomic E-state index is -4.52. The summed E-state index contributed by atoms with van der Waals surface area (Å²) >= 11 is 0.713. The highest BCUT2D eigenvalue weighted by molar-refractivity contribution is 7.17. The topological polar surface area (TPSA) is 105 Å². The Kier molecular flexibility index (Phi) is 3.83. The molecule has 2 aromatic rings. The lowest BCUT2D eigenvalue weighted by molar-refractivity contribution is -0.137. The number of nitrogens with two attached hydrogens (primary N) is 1. The summed E-state index contributed by atoms with van der Waals surface area (Å²) in [4.78, 5) is 17.6. The summed E-state index contributed by atoms with van der Waals surface area (Å²) in [5.74, 6) is -0.862. The molecule has 0 aliphatic carbocycles. The van der Waals surface area contributed by atoms with Crippen molar-refractivity contribution in [2.75, 3.05) is 0 Å². The van der Waals surface area contributed by atoms with Gasteiger partial charge >= 0.3 is 6.18 Å². The van der Waals surface area contributed by atoms with E-state index in [1.165, 1.54) is 12.1 Å². The molecular weight excluding hydrogens is 307 g/mol. The molecule has 6 nitrogen and oxygen atoms in total. The van der Waals surface area contributed by atoms with Crippen molar-refractivity contribution in [2.45, 2.75) is 6.18 Å². The van der Waals surface area contributed by atoms with E-state index in [2.05, 4.69) is 15.0 Å². The molecule has 0 atom stereocenters. The highest BCUT2D eigenvalue weighted by Crippen LogP contribution is 2.36. The lowest BCUT2D eigenvalue weighted by Crippen LogP contribution is -2.10. The Morgan fingerprint density at radius 3 is 2.71 bits per heavy atom. The third-order valence-electron chi connectivity index (χ3n) is 2.43. The zero-order valence-electron chi connectivity index (χ0n) is 10.1. The number of azide groups is 1. The largest absolute Gasteiger partial charge is 0.416 e. The number of primary amides is 1. The van der Waals surface area contributed by atoms with Crippen LogP contribution in [0.25, 0.3) is 21.7 Å². The lowest BCUT2D eigenvalue weighted by Gasteiger charge is -2.08. The number of halogens is 3. The molecule has 0 radical (unpaired) electrons. The van der Waals surface area contributed by atoms with Crippen molar-refractivity contribution in [3.63, 3.8) is 0 Å². The Balaban J connectivity index is 2.61. The fourth-order valence-corrected chi connectivity index (χ4v) is 2.35. The summed E-state index contributed by atoms with van der Waals surface area (Å²) in [6.07, 6.45) is -4.52. The van der Waals surface area contributed by atoms with E-state index in [4.69, 9.17) is 11.3 Å². The van der Waals surface area contributed by atoms with E-state index < -0.39 is 17.6 Å². The SMILES string of the molecule is [N-]=[N+]=Nc1nc(-c2cccc(C(F)(F)F)c2)c(C(N)=O)s1. The number of thiazole rings is 1. The van der Waals surface area contributed by atoms with Crippen LogP contribution in [0.5, 0.6) is 0 Å². The van der Waals surface area contributed by atoms with Crippen molar-refractivity contribution in [1.29, 1.82) is 0 Å². The molecule has 1 aromatic heterocycles. The molecule has 108 valence electrons. The molecule has 0 spiro atoms. The van der Waals surface area contributed by atoms with E-state index in [9.17, 15) is 18.0 Å². The number of benzene rings is 1. The molecular formula is C11H6F3N5OS. The molecule has 0 saturated heterocycles. The average Bonchev–Trinajstić information content (AvgIpc) is 2.83. The van der Waals surface area contributed by atoms with Crippen molar-refractivity contribution < 1.29 is 18.0 Å². The number of aromatic nitrogens is 1. The van der Waals surface area contributed by atoms with Crippen LogP contribution in [0.15, 0.2) is 29.4 Å². The van der Waals surface area contributed by atoms with E-state index in [-0.39, 0.29) is 21.3 Å². The fraction of sp³-hybridized carbons (Fsp3) is 0.0909. The minimum Gasteiger partial charge on any atom is -0.365 e. The van der Waals surface area contributed by atoms with Gasteiger partial charge in [0.25, 0.3) is 5.91 Å². The second kappa shape index (κ2) is 5.43. The van der Waals surface area contributed by atoms with E-state index in [1.54, 1.807) is 0 Å². The van der Waals surface area contributed by atoms with Gasteiger partial charge in [-0.3, -0.25) is 4.79 Å². The third kappa shape index (κ3) is 3.12. The van der Waals surface area contributed by atoms with Gasteiger partial charge in [-0.25, -0.2) is 4.98 Å². The summed E-state index contributed by atoms with van der Waals surface area (Å²) in [6.45, 7) is 0. The molecule has 0 saturated carbocycles. The zero-order chi connectivity index (χ0) is 15.6. The average molecular weight is 313 g/mol. The van der Waals surface area contributed by atoms with Crippen LogP contribution in [0.3, 0.4) is 0 Å². The van der Waals surface area contributed by atoms with Gasteiger partial charge in [0.15, 0.2) is 5.13 Å². The summed E-state index contributed by atoms with van der Waals surface area (Å²) in [5.41, 5.74) is 12.6. The summed E-state index contributed by atoms with van der Waals surface area (Å²) in [7, 11) is 0. The Labute approximate surface area is 119 Å². The molecule has 0 bridgehead atoms. The van der Waals surface area contributed by atoms with E-state index in [0.717, 1.165) is 12.1 Å². The standard InChI is InChI=1S/C11H6F3N5OS/c12-11(13,14)6-3-1-2-5(4-6)7-8(9(15)20)21-10(17-7)18-19-16/h1-4H,(H2,15,20). The van der Waals surface area contributed by atoms with Gasteiger partial charge in [-0.2, -0.15) is 13.2 Å². The number of rotatable bonds is 3. The molecule has 0 unspecified atom stereocenters. The van der Waals surface area contributed by atoms with Gasteiger partial charge in [-0.1, -0.05) is 12.1 Å². The monoisotopic (exact) mass is 313 g/mol. The number of hydrogen-bond acceptors (Lipinski definition) is 4. The number of hydrogen-bond donors (Lipinski definition) is 1. The van der Waals surface area contributed by atoms with Crippen molar-refractivity contribution in [2.24, 2.45) is 10.8 Å². The molecule has 2 N–H and O–H groups in total. The first kappa shape index (κ1) is 14.8. The van der Waals surface area contributed by atoms with E-state index in [0.29, 0.717) is 11.3 Å². The first-order chi connectivity index (χ1) is 9.82. The maximum Gasteiger partial charge on any atom is 0.416 e. The van der Waals surface area contributed by atoms with Crippen LogP contribution in [0.2, 0.25) is 0 Å². The molecule has 1 heterocycles. The van der Waals surface area contributed by atoms with Crippen molar-refractivity contribution in [3.8, 4) is 11.3 Å². The number of alkyl halides is 3. The first-order valence-corrected chi connectivity index (χ1v) is 6.18. The van der Waals surface area contributed by atoms with Crippen LogP contribution in [-0.2, 0) is 6.18 Å². The number of nitrogens with zero attached hydrogens (tertiary/aromatic N) is 4.